The molecule has 2 aromatic heterocycles. The van der Waals surface area contributed by atoms with Crippen molar-refractivity contribution in [1.82, 2.24) is 4.98 Å². The minimum Gasteiger partial charge on any atom is -0.463 e. The molecule has 108 valence electrons. The van der Waals surface area contributed by atoms with E-state index in [1.54, 1.807) is 17.6 Å². The Hall–Kier alpha value is -2.27. The molecule has 0 bridgehead atoms. The minimum atomic E-state index is 0.789. The van der Waals surface area contributed by atoms with Gasteiger partial charge in [-0.15, -0.1) is 11.3 Å². The maximum atomic E-state index is 6.03. The number of nitrogens with one attached hydrogen (secondary N) is 1. The number of hydrogen-bond acceptors (Lipinski definition) is 5. The second kappa shape index (κ2) is 5.61. The molecule has 1 aromatic carbocycles. The van der Waals surface area contributed by atoms with Crippen molar-refractivity contribution in [2.45, 2.75) is 20.3 Å². The van der Waals surface area contributed by atoms with Crippen LogP contribution in [0.1, 0.15) is 17.4 Å². The van der Waals surface area contributed by atoms with Gasteiger partial charge in [-0.25, -0.2) is 4.98 Å². The van der Waals surface area contributed by atoms with Crippen LogP contribution in [-0.2, 0) is 6.42 Å². The van der Waals surface area contributed by atoms with Gasteiger partial charge in [-0.2, -0.15) is 0 Å². The van der Waals surface area contributed by atoms with E-state index in [1.807, 2.05) is 37.3 Å². The van der Waals surface area contributed by atoms with Crippen LogP contribution in [0.4, 0.5) is 16.5 Å². The van der Waals surface area contributed by atoms with Crippen LogP contribution < -0.4 is 11.1 Å². The van der Waals surface area contributed by atoms with E-state index in [0.717, 1.165) is 44.8 Å². The van der Waals surface area contributed by atoms with Crippen LogP contribution in [0.2, 0.25) is 0 Å². The van der Waals surface area contributed by atoms with E-state index < -0.39 is 0 Å². The summed E-state index contributed by atoms with van der Waals surface area (Å²) >= 11 is 1.60. The molecule has 2 heterocycles. The van der Waals surface area contributed by atoms with Gasteiger partial charge in [0.15, 0.2) is 10.9 Å². The lowest BCUT2D eigenvalue weighted by atomic mass is 10.1. The van der Waals surface area contributed by atoms with Crippen molar-refractivity contribution in [3.8, 4) is 11.5 Å². The first-order valence-electron chi connectivity index (χ1n) is 6.84. The van der Waals surface area contributed by atoms with Gasteiger partial charge in [-0.1, -0.05) is 13.0 Å². The van der Waals surface area contributed by atoms with Crippen molar-refractivity contribution in [2.24, 2.45) is 0 Å². The Morgan fingerprint density at radius 3 is 2.86 bits per heavy atom. The van der Waals surface area contributed by atoms with Crippen molar-refractivity contribution in [2.75, 3.05) is 11.1 Å². The summed E-state index contributed by atoms with van der Waals surface area (Å²) < 4.78 is 5.41. The predicted octanol–water partition coefficient (Wildman–Crippen LogP) is 4.60. The third-order valence-corrected chi connectivity index (χ3v) is 4.22. The maximum Gasteiger partial charge on any atom is 0.188 e. The smallest absolute Gasteiger partial charge is 0.188 e. The number of thiazole rings is 1. The van der Waals surface area contributed by atoms with Gasteiger partial charge in [0.1, 0.15) is 5.69 Å². The molecule has 0 saturated carbocycles. The Labute approximate surface area is 127 Å². The molecule has 21 heavy (non-hydrogen) atoms. The summed E-state index contributed by atoms with van der Waals surface area (Å²) in [5.41, 5.74) is 9.82. The molecule has 0 atom stereocenters. The summed E-state index contributed by atoms with van der Waals surface area (Å²) in [6.45, 7) is 4.13. The summed E-state index contributed by atoms with van der Waals surface area (Å²) in [5.74, 6) is 0.789. The largest absolute Gasteiger partial charge is 0.463 e. The number of nitrogens with two attached hydrogens (primary N) is 1. The fraction of sp³-hybridized carbons (Fsp3) is 0.188. The van der Waals surface area contributed by atoms with Gasteiger partial charge in [0.2, 0.25) is 0 Å². The van der Waals surface area contributed by atoms with Crippen LogP contribution in [0.3, 0.4) is 0 Å². The molecule has 0 aliphatic carbocycles. The van der Waals surface area contributed by atoms with Gasteiger partial charge < -0.3 is 15.5 Å². The molecule has 5 heteroatoms. The zero-order valence-electron chi connectivity index (χ0n) is 12.0. The number of benzene rings is 1. The van der Waals surface area contributed by atoms with E-state index in [1.165, 1.54) is 0 Å². The van der Waals surface area contributed by atoms with E-state index in [9.17, 15) is 0 Å². The van der Waals surface area contributed by atoms with Crippen LogP contribution in [-0.4, -0.2) is 4.98 Å². The number of nitrogens with zero attached hydrogens (tertiary/aromatic N) is 1. The SMILES string of the molecule is CCc1ccc(Nc2nc(-c3ccco3)c(C)s2)cc1N. The number of rotatable bonds is 4. The highest BCUT2D eigenvalue weighted by molar-refractivity contribution is 7.16. The predicted molar refractivity (Wildman–Crippen MR) is 88.1 cm³/mol. The Morgan fingerprint density at radius 1 is 1.33 bits per heavy atom. The molecule has 0 aliphatic heterocycles. The maximum absolute atomic E-state index is 6.03. The summed E-state index contributed by atoms with van der Waals surface area (Å²) in [7, 11) is 0. The van der Waals surface area contributed by atoms with E-state index in [4.69, 9.17) is 10.2 Å². The molecule has 4 nitrogen and oxygen atoms in total. The first-order valence-corrected chi connectivity index (χ1v) is 7.65. The van der Waals surface area contributed by atoms with Crippen LogP contribution >= 0.6 is 11.3 Å². The molecule has 0 aliphatic rings. The van der Waals surface area contributed by atoms with Crippen LogP contribution in [0.5, 0.6) is 0 Å². The fourth-order valence-corrected chi connectivity index (χ4v) is 3.05. The minimum absolute atomic E-state index is 0.789. The van der Waals surface area contributed by atoms with E-state index in [2.05, 4.69) is 17.2 Å². The topological polar surface area (TPSA) is 64.1 Å². The second-order valence-electron chi connectivity index (χ2n) is 4.79. The second-order valence-corrected chi connectivity index (χ2v) is 6.00. The molecule has 0 unspecified atom stereocenters. The van der Waals surface area contributed by atoms with Gasteiger partial charge in [-0.05, 0) is 43.2 Å². The monoisotopic (exact) mass is 299 g/mol. The standard InChI is InChI=1S/C16H17N3OS/c1-3-11-6-7-12(9-13(11)17)18-16-19-15(10(2)21-16)14-5-4-8-20-14/h4-9H,3,17H2,1-2H3,(H,18,19). The number of furan rings is 1. The average molecular weight is 299 g/mol. The van der Waals surface area contributed by atoms with Gasteiger partial charge >= 0.3 is 0 Å². The van der Waals surface area contributed by atoms with E-state index >= 15 is 0 Å². The fourth-order valence-electron chi connectivity index (χ4n) is 2.21. The normalized spacial score (nSPS) is 10.8. The summed E-state index contributed by atoms with van der Waals surface area (Å²) in [5, 5.41) is 4.14. The van der Waals surface area contributed by atoms with Gasteiger partial charge in [0, 0.05) is 16.3 Å². The van der Waals surface area contributed by atoms with Crippen LogP contribution in [0.25, 0.3) is 11.5 Å². The molecule has 0 radical (unpaired) electrons. The zero-order chi connectivity index (χ0) is 14.8. The molecule has 3 aromatic rings. The number of anilines is 3. The van der Waals surface area contributed by atoms with Crippen molar-refractivity contribution >= 4 is 27.8 Å². The lowest BCUT2D eigenvalue weighted by molar-refractivity contribution is 0.580. The first kappa shape index (κ1) is 13.7. The van der Waals surface area contributed by atoms with Gasteiger partial charge in [0.25, 0.3) is 0 Å². The average Bonchev–Trinajstić information content (AvgIpc) is 3.08. The van der Waals surface area contributed by atoms with E-state index in [0.29, 0.717) is 0 Å². The highest BCUT2D eigenvalue weighted by Crippen LogP contribution is 2.32. The van der Waals surface area contributed by atoms with Crippen molar-refractivity contribution in [3.63, 3.8) is 0 Å². The number of aryl methyl sites for hydroxylation is 2. The third kappa shape index (κ3) is 2.78. The van der Waals surface area contributed by atoms with Gasteiger partial charge in [-0.3, -0.25) is 0 Å². The van der Waals surface area contributed by atoms with Crippen molar-refractivity contribution in [1.29, 1.82) is 0 Å². The lowest BCUT2D eigenvalue weighted by Gasteiger charge is -2.07. The number of hydrogen-bond donors (Lipinski definition) is 2. The third-order valence-electron chi connectivity index (χ3n) is 3.33. The highest BCUT2D eigenvalue weighted by Gasteiger charge is 2.12. The van der Waals surface area contributed by atoms with Crippen molar-refractivity contribution < 1.29 is 4.42 Å². The summed E-state index contributed by atoms with van der Waals surface area (Å²) in [6.07, 6.45) is 2.59. The Morgan fingerprint density at radius 2 is 2.19 bits per heavy atom. The molecular formula is C16H17N3OS. The Balaban J connectivity index is 1.86. The van der Waals surface area contributed by atoms with Crippen LogP contribution in [0, 0.1) is 6.92 Å². The Kier molecular flexibility index (Phi) is 3.66. The quantitative estimate of drug-likeness (QED) is 0.691. The summed E-state index contributed by atoms with van der Waals surface area (Å²) in [6, 6.07) is 9.80. The van der Waals surface area contributed by atoms with Gasteiger partial charge in [0.05, 0.1) is 6.26 Å². The van der Waals surface area contributed by atoms with Crippen LogP contribution in [0.15, 0.2) is 41.0 Å². The van der Waals surface area contributed by atoms with Crippen molar-refractivity contribution in [3.05, 3.63) is 47.0 Å². The number of nitrogen functional groups attached to an aromatic ring is 1. The zero-order valence-corrected chi connectivity index (χ0v) is 12.8. The highest BCUT2D eigenvalue weighted by atomic mass is 32.1. The first-order chi connectivity index (χ1) is 10.2. The molecule has 0 saturated heterocycles. The Bertz CT molecular complexity index is 747. The molecular weight excluding hydrogens is 282 g/mol. The molecule has 3 rings (SSSR count). The number of aromatic nitrogens is 1. The summed E-state index contributed by atoms with van der Waals surface area (Å²) in [4.78, 5) is 5.71. The molecule has 0 amide bonds. The lowest BCUT2D eigenvalue weighted by Crippen LogP contribution is -1.96. The molecule has 3 N–H and O–H groups in total. The molecule has 0 fully saturated rings. The molecule has 0 spiro atoms. The van der Waals surface area contributed by atoms with E-state index in [-0.39, 0.29) is 0 Å².